The van der Waals surface area contributed by atoms with Crippen LogP contribution in [0.15, 0.2) is 41.2 Å². The largest absolute Gasteiger partial charge is 0.508 e. The lowest BCUT2D eigenvalue weighted by molar-refractivity contribution is 0.469. The van der Waals surface area contributed by atoms with Crippen molar-refractivity contribution in [1.82, 2.24) is 20.2 Å². The van der Waals surface area contributed by atoms with Crippen LogP contribution >= 0.6 is 0 Å². The maximum Gasteiger partial charge on any atom is 0.258 e. The summed E-state index contributed by atoms with van der Waals surface area (Å²) in [6.07, 6.45) is 3.57. The number of pyridine rings is 2. The van der Waals surface area contributed by atoms with E-state index < -0.39 is 5.82 Å². The Hall–Kier alpha value is -3.94. The van der Waals surface area contributed by atoms with Crippen LogP contribution in [0.25, 0.3) is 44.0 Å². The number of piperidine rings is 1. The summed E-state index contributed by atoms with van der Waals surface area (Å²) in [6, 6.07) is 9.81. The van der Waals surface area contributed by atoms with Gasteiger partial charge in [-0.2, -0.15) is 5.10 Å². The zero-order chi connectivity index (χ0) is 22.7. The molecule has 3 N–H and O–H groups in total. The van der Waals surface area contributed by atoms with E-state index in [-0.39, 0.29) is 17.0 Å². The minimum atomic E-state index is -0.610. The van der Waals surface area contributed by atoms with E-state index in [0.717, 1.165) is 59.7 Å². The molecule has 3 aromatic heterocycles. The molecule has 2 aromatic carbocycles. The van der Waals surface area contributed by atoms with E-state index >= 15 is 0 Å². The SMILES string of the molecule is Cc1[nH]nc2nc(-c3cc(O)cc(F)c3)c3c(=O)[nH]c4cc(N5CCCCC5)ccc4c3c12. The summed E-state index contributed by atoms with van der Waals surface area (Å²) in [4.78, 5) is 23.4. The molecule has 1 fully saturated rings. The number of hydrogen-bond acceptors (Lipinski definition) is 5. The number of aromatic hydroxyl groups is 1. The molecule has 166 valence electrons. The van der Waals surface area contributed by atoms with Crippen molar-refractivity contribution >= 4 is 38.4 Å². The molecule has 0 saturated carbocycles. The van der Waals surface area contributed by atoms with Gasteiger partial charge in [-0.1, -0.05) is 6.07 Å². The molecule has 0 aliphatic carbocycles. The summed E-state index contributed by atoms with van der Waals surface area (Å²) in [5.41, 5.74) is 3.33. The van der Waals surface area contributed by atoms with E-state index in [2.05, 4.69) is 31.1 Å². The molecule has 5 aromatic rings. The lowest BCUT2D eigenvalue weighted by Crippen LogP contribution is -2.29. The van der Waals surface area contributed by atoms with Crippen molar-refractivity contribution in [3.63, 3.8) is 0 Å². The Labute approximate surface area is 187 Å². The molecular formula is C25H22FN5O2. The molecule has 0 radical (unpaired) electrons. The Morgan fingerprint density at radius 1 is 1.03 bits per heavy atom. The number of aryl methyl sites for hydroxylation is 1. The summed E-state index contributed by atoms with van der Waals surface area (Å²) in [5, 5.41) is 19.9. The number of halogens is 1. The third kappa shape index (κ3) is 3.13. The van der Waals surface area contributed by atoms with Gasteiger partial charge in [-0.15, -0.1) is 0 Å². The van der Waals surface area contributed by atoms with Gasteiger partial charge in [-0.3, -0.25) is 9.89 Å². The first-order valence-electron chi connectivity index (χ1n) is 11.1. The second-order valence-electron chi connectivity index (χ2n) is 8.69. The molecule has 0 spiro atoms. The van der Waals surface area contributed by atoms with Crippen molar-refractivity contribution in [3.8, 4) is 17.0 Å². The Balaban J connectivity index is 1.71. The molecule has 0 bridgehead atoms. The fourth-order valence-electron chi connectivity index (χ4n) is 5.00. The minimum Gasteiger partial charge on any atom is -0.508 e. The molecule has 0 amide bonds. The predicted octanol–water partition coefficient (Wildman–Crippen LogP) is 4.76. The summed E-state index contributed by atoms with van der Waals surface area (Å²) >= 11 is 0. The van der Waals surface area contributed by atoms with Gasteiger partial charge >= 0.3 is 0 Å². The highest BCUT2D eigenvalue weighted by Gasteiger charge is 2.21. The third-order valence-corrected chi connectivity index (χ3v) is 6.51. The highest BCUT2D eigenvalue weighted by molar-refractivity contribution is 6.21. The molecule has 8 heteroatoms. The van der Waals surface area contributed by atoms with E-state index in [0.29, 0.717) is 22.0 Å². The normalized spacial score (nSPS) is 14.5. The monoisotopic (exact) mass is 443 g/mol. The van der Waals surface area contributed by atoms with Gasteiger partial charge in [0, 0.05) is 46.9 Å². The van der Waals surface area contributed by atoms with Gasteiger partial charge in [-0.05, 0) is 50.5 Å². The fraction of sp³-hybridized carbons (Fsp3) is 0.240. The number of anilines is 1. The number of hydrogen-bond donors (Lipinski definition) is 3. The first-order chi connectivity index (χ1) is 16.0. The van der Waals surface area contributed by atoms with Crippen LogP contribution < -0.4 is 10.5 Å². The second kappa shape index (κ2) is 7.30. The Morgan fingerprint density at radius 2 is 1.85 bits per heavy atom. The van der Waals surface area contributed by atoms with Crippen LogP contribution in [-0.2, 0) is 0 Å². The number of aromatic nitrogens is 4. The van der Waals surface area contributed by atoms with Crippen molar-refractivity contribution in [3.05, 3.63) is 58.3 Å². The lowest BCUT2D eigenvalue weighted by Gasteiger charge is -2.29. The van der Waals surface area contributed by atoms with E-state index in [1.807, 2.05) is 19.1 Å². The number of benzene rings is 2. The van der Waals surface area contributed by atoms with Crippen molar-refractivity contribution < 1.29 is 9.50 Å². The average Bonchev–Trinajstić information content (AvgIpc) is 3.18. The van der Waals surface area contributed by atoms with Crippen LogP contribution in [0.3, 0.4) is 0 Å². The quantitative estimate of drug-likeness (QED) is 0.342. The molecular weight excluding hydrogens is 421 g/mol. The molecule has 1 aliphatic rings. The zero-order valence-electron chi connectivity index (χ0n) is 18.1. The number of phenolic OH excluding ortho intramolecular Hbond substituents is 1. The van der Waals surface area contributed by atoms with Gasteiger partial charge in [-0.25, -0.2) is 9.37 Å². The topological polar surface area (TPSA) is 97.9 Å². The van der Waals surface area contributed by atoms with Crippen molar-refractivity contribution in [1.29, 1.82) is 0 Å². The molecule has 0 atom stereocenters. The first kappa shape index (κ1) is 19.7. The Kier molecular flexibility index (Phi) is 4.36. The number of nitrogens with zero attached hydrogens (tertiary/aromatic N) is 3. The lowest BCUT2D eigenvalue weighted by atomic mass is 9.98. The number of nitrogens with one attached hydrogen (secondary N) is 2. The highest BCUT2D eigenvalue weighted by atomic mass is 19.1. The van der Waals surface area contributed by atoms with Gasteiger partial charge in [0.2, 0.25) is 0 Å². The Morgan fingerprint density at radius 3 is 2.64 bits per heavy atom. The number of rotatable bonds is 2. The van der Waals surface area contributed by atoms with E-state index in [1.165, 1.54) is 18.6 Å². The summed E-state index contributed by atoms with van der Waals surface area (Å²) < 4.78 is 14.1. The number of H-pyrrole nitrogens is 2. The third-order valence-electron chi connectivity index (χ3n) is 6.51. The van der Waals surface area contributed by atoms with Crippen LogP contribution in [0.2, 0.25) is 0 Å². The second-order valence-corrected chi connectivity index (χ2v) is 8.69. The molecule has 0 unspecified atom stereocenters. The average molecular weight is 443 g/mol. The first-order valence-corrected chi connectivity index (χ1v) is 11.1. The minimum absolute atomic E-state index is 0.235. The van der Waals surface area contributed by atoms with Crippen LogP contribution in [-0.4, -0.2) is 38.4 Å². The number of fused-ring (bicyclic) bond motifs is 5. The summed E-state index contributed by atoms with van der Waals surface area (Å²) in [6.45, 7) is 3.90. The van der Waals surface area contributed by atoms with Gasteiger partial charge < -0.3 is 15.0 Å². The van der Waals surface area contributed by atoms with Gasteiger partial charge in [0.1, 0.15) is 11.6 Å². The maximum atomic E-state index is 14.1. The predicted molar refractivity (Wildman–Crippen MR) is 127 cm³/mol. The van der Waals surface area contributed by atoms with Crippen molar-refractivity contribution in [2.24, 2.45) is 0 Å². The van der Waals surface area contributed by atoms with E-state index in [9.17, 15) is 14.3 Å². The van der Waals surface area contributed by atoms with Crippen LogP contribution in [0, 0.1) is 12.7 Å². The maximum absolute atomic E-state index is 14.1. The standard InChI is InChI=1S/C25H22FN5O2/c1-13-20-21-18-6-5-16(31-7-3-2-4-8-31)12-19(18)27-25(33)22(21)23(28-24(20)30-29-13)14-9-15(26)11-17(32)10-14/h5-6,9-12,32H,2-4,7-8H2,1H3,(H,27,33)(H,28,29,30). The Bertz CT molecular complexity index is 1590. The molecule has 6 rings (SSSR count). The molecule has 33 heavy (non-hydrogen) atoms. The highest BCUT2D eigenvalue weighted by Crippen LogP contribution is 2.37. The number of phenols is 1. The number of aromatic amines is 2. The van der Waals surface area contributed by atoms with Gasteiger partial charge in [0.25, 0.3) is 5.56 Å². The molecule has 1 saturated heterocycles. The van der Waals surface area contributed by atoms with E-state index in [1.54, 1.807) is 0 Å². The van der Waals surface area contributed by atoms with Gasteiger partial charge in [0.15, 0.2) is 5.65 Å². The van der Waals surface area contributed by atoms with Crippen LogP contribution in [0.4, 0.5) is 10.1 Å². The smallest absolute Gasteiger partial charge is 0.258 e. The van der Waals surface area contributed by atoms with Crippen LogP contribution in [0.5, 0.6) is 5.75 Å². The summed E-state index contributed by atoms with van der Waals surface area (Å²) in [7, 11) is 0. The molecule has 1 aliphatic heterocycles. The van der Waals surface area contributed by atoms with Crippen LogP contribution in [0.1, 0.15) is 25.0 Å². The molecule has 4 heterocycles. The van der Waals surface area contributed by atoms with E-state index in [4.69, 9.17) is 0 Å². The fourth-order valence-corrected chi connectivity index (χ4v) is 5.00. The van der Waals surface area contributed by atoms with Crippen molar-refractivity contribution in [2.75, 3.05) is 18.0 Å². The van der Waals surface area contributed by atoms with Crippen molar-refractivity contribution in [2.45, 2.75) is 26.2 Å². The van der Waals surface area contributed by atoms with Gasteiger partial charge in [0.05, 0.1) is 22.0 Å². The molecule has 7 nitrogen and oxygen atoms in total. The summed E-state index contributed by atoms with van der Waals surface area (Å²) in [5.74, 6) is -0.844. The zero-order valence-corrected chi connectivity index (χ0v) is 18.1.